The first kappa shape index (κ1) is 15.0. The lowest BCUT2D eigenvalue weighted by atomic mass is 9.98. The standard InChI is InChI=1S/C13H17N3O5/c1-15-10(18)4-7-16(12(15)21)8-9(17)14-13(11(19)20)5-2-3-6-13/h4,7H,2-3,5-6,8H2,1H3,(H,14,17)(H,19,20). The molecule has 0 aliphatic heterocycles. The highest BCUT2D eigenvalue weighted by Gasteiger charge is 2.42. The predicted octanol–water partition coefficient (Wildman–Crippen LogP) is -0.939. The number of hydrogen-bond donors (Lipinski definition) is 2. The van der Waals surface area contributed by atoms with Gasteiger partial charge in [-0.25, -0.2) is 9.59 Å². The number of nitrogens with one attached hydrogen (secondary N) is 1. The van der Waals surface area contributed by atoms with E-state index in [2.05, 4.69) is 5.32 Å². The third-order valence-corrected chi connectivity index (χ3v) is 3.82. The van der Waals surface area contributed by atoms with Gasteiger partial charge in [0.1, 0.15) is 12.1 Å². The summed E-state index contributed by atoms with van der Waals surface area (Å²) in [5, 5.41) is 11.8. The SMILES string of the molecule is Cn1c(=O)ccn(CC(=O)NC2(C(=O)O)CCCC2)c1=O. The highest BCUT2D eigenvalue weighted by atomic mass is 16.4. The summed E-state index contributed by atoms with van der Waals surface area (Å²) in [6, 6.07) is 1.18. The average Bonchev–Trinajstić information content (AvgIpc) is 2.89. The summed E-state index contributed by atoms with van der Waals surface area (Å²) in [5.74, 6) is -1.61. The minimum Gasteiger partial charge on any atom is -0.480 e. The maximum atomic E-state index is 12.0. The summed E-state index contributed by atoms with van der Waals surface area (Å²) in [5.41, 5.74) is -2.32. The van der Waals surface area contributed by atoms with E-state index in [0.29, 0.717) is 12.8 Å². The number of hydrogen-bond acceptors (Lipinski definition) is 4. The number of carbonyl (C=O) groups is 2. The number of nitrogens with zero attached hydrogens (tertiary/aromatic N) is 2. The first-order chi connectivity index (χ1) is 9.85. The van der Waals surface area contributed by atoms with Crippen molar-refractivity contribution in [1.82, 2.24) is 14.5 Å². The second kappa shape index (κ2) is 5.55. The van der Waals surface area contributed by atoms with E-state index < -0.39 is 28.7 Å². The number of rotatable bonds is 4. The summed E-state index contributed by atoms with van der Waals surface area (Å²) in [6.07, 6.45) is 3.48. The van der Waals surface area contributed by atoms with E-state index in [4.69, 9.17) is 0 Å². The van der Waals surface area contributed by atoms with E-state index in [1.807, 2.05) is 0 Å². The molecule has 1 aromatic rings. The molecule has 0 bridgehead atoms. The van der Waals surface area contributed by atoms with Gasteiger partial charge in [-0.05, 0) is 12.8 Å². The zero-order valence-corrected chi connectivity index (χ0v) is 11.7. The van der Waals surface area contributed by atoms with Crippen LogP contribution in [0, 0.1) is 0 Å². The van der Waals surface area contributed by atoms with Crippen molar-refractivity contribution in [3.63, 3.8) is 0 Å². The molecule has 1 aliphatic rings. The molecule has 2 rings (SSSR count). The largest absolute Gasteiger partial charge is 0.480 e. The average molecular weight is 295 g/mol. The second-order valence-corrected chi connectivity index (χ2v) is 5.27. The minimum absolute atomic E-state index is 0.317. The maximum absolute atomic E-state index is 12.0. The van der Waals surface area contributed by atoms with Gasteiger partial charge in [0, 0.05) is 19.3 Å². The van der Waals surface area contributed by atoms with Crippen LogP contribution in [0.15, 0.2) is 21.9 Å². The Hall–Kier alpha value is -2.38. The van der Waals surface area contributed by atoms with Crippen molar-refractivity contribution >= 4 is 11.9 Å². The molecule has 114 valence electrons. The fourth-order valence-electron chi connectivity index (χ4n) is 2.57. The third kappa shape index (κ3) is 2.88. The van der Waals surface area contributed by atoms with Gasteiger partial charge in [0.2, 0.25) is 5.91 Å². The van der Waals surface area contributed by atoms with Crippen molar-refractivity contribution in [2.75, 3.05) is 0 Å². The van der Waals surface area contributed by atoms with Gasteiger partial charge in [-0.15, -0.1) is 0 Å². The summed E-state index contributed by atoms with van der Waals surface area (Å²) in [4.78, 5) is 46.4. The molecular formula is C13H17N3O5. The Labute approximate surface area is 120 Å². The summed E-state index contributed by atoms with van der Waals surface area (Å²) in [7, 11) is 1.31. The first-order valence-corrected chi connectivity index (χ1v) is 6.67. The Balaban J connectivity index is 2.16. The number of carboxylic acids is 1. The summed E-state index contributed by atoms with van der Waals surface area (Å²) >= 11 is 0. The molecule has 0 unspecified atom stereocenters. The normalized spacial score (nSPS) is 16.6. The van der Waals surface area contributed by atoms with Gasteiger partial charge in [-0.1, -0.05) is 12.8 Å². The van der Waals surface area contributed by atoms with Gasteiger partial charge in [0.15, 0.2) is 0 Å². The molecule has 0 atom stereocenters. The maximum Gasteiger partial charge on any atom is 0.331 e. The molecule has 0 saturated heterocycles. The zero-order valence-electron chi connectivity index (χ0n) is 11.7. The number of aliphatic carboxylic acids is 1. The number of aromatic nitrogens is 2. The van der Waals surface area contributed by atoms with E-state index in [-0.39, 0.29) is 6.54 Å². The van der Waals surface area contributed by atoms with Crippen LogP contribution in [0.4, 0.5) is 0 Å². The molecule has 21 heavy (non-hydrogen) atoms. The zero-order chi connectivity index (χ0) is 15.6. The molecule has 1 aromatic heterocycles. The topological polar surface area (TPSA) is 110 Å². The quantitative estimate of drug-likeness (QED) is 0.745. The Morgan fingerprint density at radius 3 is 2.52 bits per heavy atom. The molecule has 1 heterocycles. The van der Waals surface area contributed by atoms with Gasteiger partial charge in [-0.2, -0.15) is 0 Å². The van der Waals surface area contributed by atoms with Crippen molar-refractivity contribution in [3.05, 3.63) is 33.1 Å². The Morgan fingerprint density at radius 2 is 1.95 bits per heavy atom. The van der Waals surface area contributed by atoms with Crippen LogP contribution < -0.4 is 16.6 Å². The first-order valence-electron chi connectivity index (χ1n) is 6.67. The van der Waals surface area contributed by atoms with Gasteiger partial charge in [0.25, 0.3) is 5.56 Å². The molecule has 1 saturated carbocycles. The molecule has 0 spiro atoms. The molecule has 1 amide bonds. The lowest BCUT2D eigenvalue weighted by Gasteiger charge is -2.25. The molecule has 8 heteroatoms. The fraction of sp³-hybridized carbons (Fsp3) is 0.538. The van der Waals surface area contributed by atoms with E-state index in [9.17, 15) is 24.3 Å². The van der Waals surface area contributed by atoms with Crippen LogP contribution in [0.5, 0.6) is 0 Å². The van der Waals surface area contributed by atoms with Crippen molar-refractivity contribution in [2.24, 2.45) is 7.05 Å². The Kier molecular flexibility index (Phi) is 3.97. The number of amides is 1. The van der Waals surface area contributed by atoms with Crippen LogP contribution in [0.2, 0.25) is 0 Å². The third-order valence-electron chi connectivity index (χ3n) is 3.82. The smallest absolute Gasteiger partial charge is 0.331 e. The monoisotopic (exact) mass is 295 g/mol. The van der Waals surface area contributed by atoms with Crippen molar-refractivity contribution in [1.29, 1.82) is 0 Å². The summed E-state index contributed by atoms with van der Waals surface area (Å²) in [6.45, 7) is -0.317. The van der Waals surface area contributed by atoms with Crippen LogP contribution in [-0.2, 0) is 23.2 Å². The van der Waals surface area contributed by atoms with Crippen molar-refractivity contribution < 1.29 is 14.7 Å². The van der Waals surface area contributed by atoms with Crippen molar-refractivity contribution in [2.45, 2.75) is 37.8 Å². The highest BCUT2D eigenvalue weighted by molar-refractivity contribution is 5.87. The van der Waals surface area contributed by atoms with E-state index >= 15 is 0 Å². The summed E-state index contributed by atoms with van der Waals surface area (Å²) < 4.78 is 1.96. The Morgan fingerprint density at radius 1 is 1.33 bits per heavy atom. The highest BCUT2D eigenvalue weighted by Crippen LogP contribution is 2.29. The molecule has 2 N–H and O–H groups in total. The second-order valence-electron chi connectivity index (χ2n) is 5.27. The van der Waals surface area contributed by atoms with Crippen LogP contribution in [0.3, 0.4) is 0 Å². The van der Waals surface area contributed by atoms with Crippen LogP contribution >= 0.6 is 0 Å². The van der Waals surface area contributed by atoms with Gasteiger partial charge < -0.3 is 10.4 Å². The lowest BCUT2D eigenvalue weighted by molar-refractivity contribution is -0.147. The van der Waals surface area contributed by atoms with Gasteiger partial charge in [0.05, 0.1) is 0 Å². The van der Waals surface area contributed by atoms with Crippen LogP contribution in [-0.4, -0.2) is 31.7 Å². The Bertz CT molecular complexity index is 682. The molecule has 1 aliphatic carbocycles. The number of carboxylic acid groups (broad SMARTS) is 1. The number of carbonyl (C=O) groups excluding carboxylic acids is 1. The van der Waals surface area contributed by atoms with Crippen LogP contribution in [0.1, 0.15) is 25.7 Å². The molecule has 0 radical (unpaired) electrons. The van der Waals surface area contributed by atoms with Gasteiger partial charge in [-0.3, -0.25) is 18.7 Å². The fourth-order valence-corrected chi connectivity index (χ4v) is 2.57. The molecular weight excluding hydrogens is 278 g/mol. The van der Waals surface area contributed by atoms with E-state index in [1.165, 1.54) is 19.3 Å². The van der Waals surface area contributed by atoms with Gasteiger partial charge >= 0.3 is 11.7 Å². The van der Waals surface area contributed by atoms with Crippen molar-refractivity contribution in [3.8, 4) is 0 Å². The molecule has 0 aromatic carbocycles. The van der Waals surface area contributed by atoms with E-state index in [0.717, 1.165) is 22.0 Å². The van der Waals surface area contributed by atoms with Crippen LogP contribution in [0.25, 0.3) is 0 Å². The van der Waals surface area contributed by atoms with E-state index in [1.54, 1.807) is 0 Å². The lowest BCUT2D eigenvalue weighted by Crippen LogP contribution is -2.54. The predicted molar refractivity (Wildman–Crippen MR) is 72.9 cm³/mol. The molecule has 8 nitrogen and oxygen atoms in total. The molecule has 1 fully saturated rings. The minimum atomic E-state index is -1.23.